The Balaban J connectivity index is 1.48. The van der Waals surface area contributed by atoms with Crippen molar-refractivity contribution in [3.05, 3.63) is 46.5 Å². The summed E-state index contributed by atoms with van der Waals surface area (Å²) < 4.78 is 10.6. The molecular formula is C17H17N3O3S. The van der Waals surface area contributed by atoms with Gasteiger partial charge in [0.25, 0.3) is 0 Å². The fourth-order valence-corrected chi connectivity index (χ4v) is 3.94. The highest BCUT2D eigenvalue weighted by molar-refractivity contribution is 7.10. The summed E-state index contributed by atoms with van der Waals surface area (Å²) in [6, 6.07) is 7.63. The van der Waals surface area contributed by atoms with E-state index in [1.54, 1.807) is 23.7 Å². The zero-order valence-electron chi connectivity index (χ0n) is 13.2. The Labute approximate surface area is 143 Å². The lowest BCUT2D eigenvalue weighted by atomic mass is 10.2. The molecular weight excluding hydrogens is 326 g/mol. The summed E-state index contributed by atoms with van der Waals surface area (Å²) in [6.07, 6.45) is 3.60. The number of aryl methyl sites for hydroxylation is 1. The minimum atomic E-state index is -0.144. The van der Waals surface area contributed by atoms with Gasteiger partial charge in [-0.15, -0.1) is 11.3 Å². The van der Waals surface area contributed by atoms with Crippen LogP contribution in [0, 0.1) is 6.92 Å². The molecule has 4 rings (SSSR count). The highest BCUT2D eigenvalue weighted by atomic mass is 32.1. The monoisotopic (exact) mass is 343 g/mol. The molecule has 0 spiro atoms. The molecule has 7 heteroatoms. The molecule has 124 valence electrons. The number of hydrogen-bond donors (Lipinski definition) is 1. The standard InChI is InChI=1S/C17H17N3O3S/c1-11-12(6-8-22-11)14-10-16(19-23-14)18-17(21)20-7-2-4-13(20)15-5-3-9-24-15/h3,5-6,8-10,13H,2,4,7H2,1H3,(H,18,19,21)/t13-/m0/s1. The van der Waals surface area contributed by atoms with Gasteiger partial charge in [-0.25, -0.2) is 4.79 Å². The third kappa shape index (κ3) is 2.71. The minimum Gasteiger partial charge on any atom is -0.469 e. The topological polar surface area (TPSA) is 71.5 Å². The average molecular weight is 343 g/mol. The Kier molecular flexibility index (Phi) is 3.86. The molecule has 1 aliphatic rings. The summed E-state index contributed by atoms with van der Waals surface area (Å²) in [5.74, 6) is 1.74. The van der Waals surface area contributed by atoms with Crippen LogP contribution in [0.4, 0.5) is 10.6 Å². The number of nitrogens with zero attached hydrogens (tertiary/aromatic N) is 2. The Morgan fingerprint density at radius 1 is 1.46 bits per heavy atom. The summed E-state index contributed by atoms with van der Waals surface area (Å²) in [5.41, 5.74) is 0.834. The second-order valence-electron chi connectivity index (χ2n) is 5.76. The predicted molar refractivity (Wildman–Crippen MR) is 91.0 cm³/mol. The number of thiophene rings is 1. The summed E-state index contributed by atoms with van der Waals surface area (Å²) in [6.45, 7) is 2.60. The van der Waals surface area contributed by atoms with Crippen LogP contribution in [0.3, 0.4) is 0 Å². The molecule has 0 aliphatic carbocycles. The van der Waals surface area contributed by atoms with Gasteiger partial charge in [0.2, 0.25) is 0 Å². The van der Waals surface area contributed by atoms with Gasteiger partial charge in [-0.1, -0.05) is 11.2 Å². The first kappa shape index (κ1) is 15.0. The van der Waals surface area contributed by atoms with E-state index >= 15 is 0 Å². The second-order valence-corrected chi connectivity index (χ2v) is 6.74. The molecule has 1 atom stereocenters. The van der Waals surface area contributed by atoms with Gasteiger partial charge in [0.15, 0.2) is 11.6 Å². The molecule has 0 saturated carbocycles. The van der Waals surface area contributed by atoms with Crippen LogP contribution < -0.4 is 5.32 Å². The average Bonchev–Trinajstić information content (AvgIpc) is 3.34. The third-order valence-electron chi connectivity index (χ3n) is 4.25. The fraction of sp³-hybridized carbons (Fsp3) is 0.294. The van der Waals surface area contributed by atoms with Crippen molar-refractivity contribution in [3.8, 4) is 11.3 Å². The molecule has 0 bridgehead atoms. The summed E-state index contributed by atoms with van der Waals surface area (Å²) in [5, 5.41) is 8.82. The molecule has 0 aromatic carbocycles. The van der Waals surface area contributed by atoms with Crippen LogP contribution in [0.15, 0.2) is 44.8 Å². The number of rotatable bonds is 3. The van der Waals surface area contributed by atoms with Crippen molar-refractivity contribution in [1.82, 2.24) is 10.1 Å². The van der Waals surface area contributed by atoms with Crippen molar-refractivity contribution in [2.45, 2.75) is 25.8 Å². The first-order chi connectivity index (χ1) is 11.7. The second kappa shape index (κ2) is 6.16. The van der Waals surface area contributed by atoms with Gasteiger partial charge < -0.3 is 13.8 Å². The Morgan fingerprint density at radius 3 is 3.12 bits per heavy atom. The molecule has 1 fully saturated rings. The van der Waals surface area contributed by atoms with Crippen molar-refractivity contribution < 1.29 is 13.7 Å². The lowest BCUT2D eigenvalue weighted by molar-refractivity contribution is 0.207. The van der Waals surface area contributed by atoms with E-state index in [0.29, 0.717) is 11.6 Å². The molecule has 1 aliphatic heterocycles. The number of carbonyl (C=O) groups is 1. The molecule has 1 saturated heterocycles. The largest absolute Gasteiger partial charge is 0.469 e. The number of urea groups is 1. The molecule has 1 N–H and O–H groups in total. The maximum Gasteiger partial charge on any atom is 0.323 e. The zero-order chi connectivity index (χ0) is 16.5. The number of hydrogen-bond acceptors (Lipinski definition) is 5. The zero-order valence-corrected chi connectivity index (χ0v) is 14.0. The molecule has 0 unspecified atom stereocenters. The number of amides is 2. The smallest absolute Gasteiger partial charge is 0.323 e. The van der Waals surface area contributed by atoms with Gasteiger partial charge in [0.1, 0.15) is 5.76 Å². The van der Waals surface area contributed by atoms with Crippen LogP contribution >= 0.6 is 11.3 Å². The Hall–Kier alpha value is -2.54. The molecule has 3 aromatic heterocycles. The van der Waals surface area contributed by atoms with Gasteiger partial charge in [-0.2, -0.15) is 0 Å². The van der Waals surface area contributed by atoms with Gasteiger partial charge in [0, 0.05) is 17.5 Å². The van der Waals surface area contributed by atoms with Crippen molar-refractivity contribution in [2.24, 2.45) is 0 Å². The molecule has 24 heavy (non-hydrogen) atoms. The van der Waals surface area contributed by atoms with Crippen molar-refractivity contribution in [2.75, 3.05) is 11.9 Å². The number of furan rings is 1. The summed E-state index contributed by atoms with van der Waals surface area (Å²) in [7, 11) is 0. The molecule has 4 heterocycles. The summed E-state index contributed by atoms with van der Waals surface area (Å²) in [4.78, 5) is 15.7. The van der Waals surface area contributed by atoms with E-state index < -0.39 is 0 Å². The minimum absolute atomic E-state index is 0.144. The van der Waals surface area contributed by atoms with Gasteiger partial charge in [-0.05, 0) is 37.3 Å². The Morgan fingerprint density at radius 2 is 2.38 bits per heavy atom. The lowest BCUT2D eigenvalue weighted by Gasteiger charge is -2.23. The fourth-order valence-electron chi connectivity index (χ4n) is 3.07. The number of aromatic nitrogens is 1. The van der Waals surface area contributed by atoms with Crippen LogP contribution in [0.5, 0.6) is 0 Å². The quantitative estimate of drug-likeness (QED) is 0.750. The Bertz CT molecular complexity index is 837. The lowest BCUT2D eigenvalue weighted by Crippen LogP contribution is -2.34. The van der Waals surface area contributed by atoms with Crippen molar-refractivity contribution >= 4 is 23.2 Å². The summed E-state index contributed by atoms with van der Waals surface area (Å²) >= 11 is 1.69. The number of likely N-dealkylation sites (tertiary alicyclic amines) is 1. The van der Waals surface area contributed by atoms with Gasteiger partial charge in [0.05, 0.1) is 17.9 Å². The van der Waals surface area contributed by atoms with Gasteiger partial charge >= 0.3 is 6.03 Å². The SMILES string of the molecule is Cc1occc1-c1cc(NC(=O)N2CCC[C@H]2c2cccs2)no1. The van der Waals surface area contributed by atoms with Crippen LogP contribution in [0.2, 0.25) is 0 Å². The number of nitrogens with one attached hydrogen (secondary N) is 1. The molecule has 0 radical (unpaired) electrons. The van der Waals surface area contributed by atoms with Crippen molar-refractivity contribution in [1.29, 1.82) is 0 Å². The first-order valence-corrected chi connectivity index (χ1v) is 8.72. The van der Waals surface area contributed by atoms with Crippen LogP contribution in [-0.2, 0) is 0 Å². The van der Waals surface area contributed by atoms with E-state index in [1.807, 2.05) is 29.3 Å². The number of anilines is 1. The van der Waals surface area contributed by atoms with E-state index in [2.05, 4.69) is 16.5 Å². The maximum absolute atomic E-state index is 12.6. The number of carbonyl (C=O) groups excluding carboxylic acids is 1. The van der Waals surface area contributed by atoms with E-state index in [-0.39, 0.29) is 12.1 Å². The van der Waals surface area contributed by atoms with Crippen LogP contribution in [-0.4, -0.2) is 22.6 Å². The van der Waals surface area contributed by atoms with E-state index in [1.165, 1.54) is 4.88 Å². The highest BCUT2D eigenvalue weighted by Gasteiger charge is 2.31. The molecule has 2 amide bonds. The molecule has 6 nitrogen and oxygen atoms in total. The third-order valence-corrected chi connectivity index (χ3v) is 5.23. The van der Waals surface area contributed by atoms with Gasteiger partial charge in [-0.3, -0.25) is 5.32 Å². The van der Waals surface area contributed by atoms with Crippen LogP contribution in [0.1, 0.15) is 29.5 Å². The first-order valence-electron chi connectivity index (χ1n) is 7.84. The predicted octanol–water partition coefficient (Wildman–Crippen LogP) is 4.67. The maximum atomic E-state index is 12.6. The van der Waals surface area contributed by atoms with E-state index in [0.717, 1.165) is 30.7 Å². The molecule has 3 aromatic rings. The van der Waals surface area contributed by atoms with E-state index in [4.69, 9.17) is 8.94 Å². The van der Waals surface area contributed by atoms with Crippen LogP contribution in [0.25, 0.3) is 11.3 Å². The normalized spacial score (nSPS) is 17.4. The van der Waals surface area contributed by atoms with Crippen molar-refractivity contribution in [3.63, 3.8) is 0 Å². The van der Waals surface area contributed by atoms with E-state index in [9.17, 15) is 4.79 Å². The highest BCUT2D eigenvalue weighted by Crippen LogP contribution is 2.35.